The first-order chi connectivity index (χ1) is 26.7. The molecule has 1 unspecified atom stereocenters. The van der Waals surface area contributed by atoms with E-state index in [4.69, 9.17) is 11.6 Å². The fraction of sp³-hybridized carbons (Fsp3) is 0.0625. The van der Waals surface area contributed by atoms with E-state index in [-0.39, 0.29) is 28.2 Å². The minimum Gasteiger partial charge on any atom is -0.505 e. The lowest BCUT2D eigenvalue weighted by molar-refractivity contribution is -0.115. The molecule has 0 saturated carbocycles. The number of azo groups is 1. The molecule has 0 radical (unpaired) electrons. The number of carbonyl (C=O) groups is 1. The summed E-state index contributed by atoms with van der Waals surface area (Å²) in [6.07, 6.45) is 0. The van der Waals surface area contributed by atoms with Gasteiger partial charge in [0, 0.05) is 33.3 Å². The Bertz CT molecular complexity index is 3000. The van der Waals surface area contributed by atoms with E-state index in [9.17, 15) is 48.8 Å². The zero-order chi connectivity index (χ0) is 41.4. The average molecular weight is 920 g/mol. The molecule has 1 aromatic heterocycles. The first-order valence-electron chi connectivity index (χ1n) is 15.8. The van der Waals surface area contributed by atoms with Crippen LogP contribution in [0.2, 0.25) is 11.1 Å². The highest BCUT2D eigenvalue weighted by Crippen LogP contribution is 2.46. The van der Waals surface area contributed by atoms with Crippen LogP contribution in [0.1, 0.15) is 0 Å². The number of benzene rings is 5. The Morgan fingerprint density at radius 2 is 1.42 bits per heavy atom. The molecule has 0 aliphatic rings. The van der Waals surface area contributed by atoms with Crippen LogP contribution in [-0.2, 0) is 35.1 Å². The van der Waals surface area contributed by atoms with E-state index >= 15 is 0 Å². The summed E-state index contributed by atoms with van der Waals surface area (Å²) in [4.78, 5) is 22.0. The van der Waals surface area contributed by atoms with Gasteiger partial charge in [0.15, 0.2) is 5.75 Å². The standard InChI is InChI=1S/C32H25BBrClN8O11S3/c33-20(14-34)29(45)36-17-8-9-24(56(49,50)51)22(12-17)42-43-27-25(57(52,53)54)11-16-10-18(55(46,47)48)13-23(26(16)28(27)44)38-32-40-30(35)39-31(41-32)37-21-7-3-5-15-4-1-2-6-19(15)21/h1-13,20,44H,14,33H2,(H,36,45)(H,46,47,48)(H,49,50,51)(H,52,53,54)(H2,37,38,39,40,41)/b43-42+. The molecule has 0 saturated heterocycles. The van der Waals surface area contributed by atoms with E-state index in [1.165, 1.54) is 0 Å². The topological polar surface area (TPSA) is 300 Å². The highest BCUT2D eigenvalue weighted by molar-refractivity contribution is 9.09. The number of alkyl halides is 1. The number of phenolic OH excluding ortho intramolecular Hbond substituents is 1. The maximum atomic E-state index is 12.6. The number of hydrogen-bond donors (Lipinski definition) is 7. The van der Waals surface area contributed by atoms with Crippen molar-refractivity contribution in [3.05, 3.63) is 84.1 Å². The van der Waals surface area contributed by atoms with Gasteiger partial charge >= 0.3 is 0 Å². The minimum atomic E-state index is -5.34. The average Bonchev–Trinajstić information content (AvgIpc) is 3.12. The molecule has 0 aliphatic heterocycles. The molecular weight excluding hydrogens is 895 g/mol. The predicted octanol–water partition coefficient (Wildman–Crippen LogP) is 5.93. The number of nitrogens with zero attached hydrogens (tertiary/aromatic N) is 5. The first kappa shape index (κ1) is 41.3. The molecule has 0 spiro atoms. The van der Waals surface area contributed by atoms with E-state index in [0.29, 0.717) is 11.8 Å². The second-order valence-corrected chi connectivity index (χ2v) is 17.2. The summed E-state index contributed by atoms with van der Waals surface area (Å²) in [5.74, 6) is -2.54. The lowest BCUT2D eigenvalue weighted by atomic mass is 9.89. The number of fused-ring (bicyclic) bond motifs is 2. The molecule has 0 bridgehead atoms. The Balaban J connectivity index is 1.51. The van der Waals surface area contributed by atoms with Gasteiger partial charge in [0.2, 0.25) is 23.1 Å². The van der Waals surface area contributed by atoms with Gasteiger partial charge in [-0.15, -0.1) is 10.2 Å². The van der Waals surface area contributed by atoms with Gasteiger partial charge < -0.3 is 21.1 Å². The molecule has 1 heterocycles. The number of halogens is 2. The molecule has 5 aromatic carbocycles. The smallest absolute Gasteiger partial charge is 0.296 e. The lowest BCUT2D eigenvalue weighted by Crippen LogP contribution is -2.19. The molecule has 0 aliphatic carbocycles. The van der Waals surface area contributed by atoms with Crippen molar-refractivity contribution in [3.63, 3.8) is 0 Å². The Hall–Kier alpha value is -5.34. The Labute approximate surface area is 337 Å². The number of aromatic nitrogens is 3. The van der Waals surface area contributed by atoms with Crippen molar-refractivity contribution in [3.8, 4) is 5.75 Å². The molecular formula is C32H25BBrClN8O11S3. The maximum absolute atomic E-state index is 12.6. The second-order valence-electron chi connectivity index (χ2n) is 12.0. The van der Waals surface area contributed by atoms with Crippen molar-refractivity contribution >= 4 is 134 Å². The molecule has 7 N–H and O–H groups in total. The van der Waals surface area contributed by atoms with Gasteiger partial charge in [0.05, 0.1) is 10.6 Å². The molecule has 0 fully saturated rings. The van der Waals surface area contributed by atoms with Gasteiger partial charge in [0.25, 0.3) is 30.4 Å². The van der Waals surface area contributed by atoms with Crippen LogP contribution >= 0.6 is 27.5 Å². The van der Waals surface area contributed by atoms with E-state index in [2.05, 4.69) is 57.1 Å². The van der Waals surface area contributed by atoms with Crippen LogP contribution in [-0.4, -0.2) is 78.1 Å². The number of amides is 1. The van der Waals surface area contributed by atoms with Crippen molar-refractivity contribution < 1.29 is 48.8 Å². The van der Waals surface area contributed by atoms with Crippen LogP contribution in [0.25, 0.3) is 21.5 Å². The Morgan fingerprint density at radius 3 is 2.07 bits per heavy atom. The molecule has 6 rings (SSSR count). The van der Waals surface area contributed by atoms with Crippen LogP contribution in [0.15, 0.2) is 104 Å². The van der Waals surface area contributed by atoms with Gasteiger partial charge in [-0.1, -0.05) is 52.3 Å². The fourth-order valence-electron chi connectivity index (χ4n) is 5.37. The summed E-state index contributed by atoms with van der Waals surface area (Å²) in [6.45, 7) is 0. The van der Waals surface area contributed by atoms with E-state index in [1.807, 2.05) is 30.3 Å². The SMILES string of the molecule is BC(CBr)C(=O)Nc1ccc(S(=O)(=O)O)c(/N=N/c2c(S(=O)(=O)O)cc3cc(S(=O)(=O)O)cc(Nc4nc(Cl)nc(Nc5cccc6ccccc56)n4)c3c2O)c1. The van der Waals surface area contributed by atoms with Crippen LogP contribution in [0, 0.1) is 0 Å². The van der Waals surface area contributed by atoms with Crippen LogP contribution in [0.3, 0.4) is 0 Å². The molecule has 6 aromatic rings. The number of anilines is 5. The number of hydrogen-bond acceptors (Lipinski definition) is 15. The first-order valence-corrected chi connectivity index (χ1v) is 21.7. The monoisotopic (exact) mass is 918 g/mol. The number of rotatable bonds is 12. The molecule has 1 atom stereocenters. The van der Waals surface area contributed by atoms with E-state index in [0.717, 1.165) is 41.1 Å². The molecule has 57 heavy (non-hydrogen) atoms. The largest absolute Gasteiger partial charge is 0.505 e. The molecule has 1 amide bonds. The van der Waals surface area contributed by atoms with Crippen LogP contribution in [0.5, 0.6) is 5.75 Å². The third kappa shape index (κ3) is 9.29. The summed E-state index contributed by atoms with van der Waals surface area (Å²) < 4.78 is 104. The second kappa shape index (κ2) is 15.9. The van der Waals surface area contributed by atoms with Gasteiger partial charge in [-0.05, 0) is 64.8 Å². The quantitative estimate of drug-likeness (QED) is 0.0324. The summed E-state index contributed by atoms with van der Waals surface area (Å²) in [5.41, 5.74) is -1.47. The summed E-state index contributed by atoms with van der Waals surface area (Å²) >= 11 is 9.40. The van der Waals surface area contributed by atoms with Gasteiger partial charge in [-0.3, -0.25) is 18.5 Å². The number of phenols is 1. The highest BCUT2D eigenvalue weighted by Gasteiger charge is 2.27. The maximum Gasteiger partial charge on any atom is 0.296 e. The number of nitrogens with one attached hydrogen (secondary N) is 3. The van der Waals surface area contributed by atoms with E-state index < -0.39 is 90.3 Å². The fourth-order valence-corrected chi connectivity index (χ4v) is 7.63. The van der Waals surface area contributed by atoms with Gasteiger partial charge in [0.1, 0.15) is 29.0 Å². The van der Waals surface area contributed by atoms with Crippen molar-refractivity contribution in [2.75, 3.05) is 21.3 Å². The summed E-state index contributed by atoms with van der Waals surface area (Å²) in [7, 11) is -13.8. The van der Waals surface area contributed by atoms with Crippen molar-refractivity contribution in [2.24, 2.45) is 10.2 Å². The third-order valence-corrected chi connectivity index (χ3v) is 11.8. The molecule has 19 nitrogen and oxygen atoms in total. The normalized spacial score (nSPS) is 12.9. The lowest BCUT2D eigenvalue weighted by Gasteiger charge is -2.15. The van der Waals surface area contributed by atoms with Crippen molar-refractivity contribution in [2.45, 2.75) is 20.5 Å². The van der Waals surface area contributed by atoms with Gasteiger partial charge in [-0.25, -0.2) is 0 Å². The number of aromatic hydroxyl groups is 1. The van der Waals surface area contributed by atoms with Crippen molar-refractivity contribution in [1.82, 2.24) is 15.0 Å². The third-order valence-electron chi connectivity index (χ3n) is 8.03. The Kier molecular flexibility index (Phi) is 11.5. The number of carbonyl (C=O) groups excluding carboxylic acids is 1. The van der Waals surface area contributed by atoms with Crippen LogP contribution in [0.4, 0.5) is 40.3 Å². The Morgan fingerprint density at radius 1 is 0.772 bits per heavy atom. The van der Waals surface area contributed by atoms with Crippen molar-refractivity contribution in [1.29, 1.82) is 0 Å². The summed E-state index contributed by atoms with van der Waals surface area (Å²) in [5, 5.41) is 28.1. The predicted molar refractivity (Wildman–Crippen MR) is 216 cm³/mol. The molecule has 294 valence electrons. The minimum absolute atomic E-state index is 0.0126. The molecule has 25 heteroatoms. The highest BCUT2D eigenvalue weighted by atomic mass is 79.9. The van der Waals surface area contributed by atoms with E-state index in [1.54, 1.807) is 20.0 Å². The zero-order valence-corrected chi connectivity index (χ0v) is 33.4. The van der Waals surface area contributed by atoms with Crippen LogP contribution < -0.4 is 16.0 Å². The zero-order valence-electron chi connectivity index (χ0n) is 28.7. The summed E-state index contributed by atoms with van der Waals surface area (Å²) in [6, 6.07) is 18.1. The van der Waals surface area contributed by atoms with Gasteiger partial charge in [-0.2, -0.15) is 40.2 Å².